The van der Waals surface area contributed by atoms with Gasteiger partial charge in [0.1, 0.15) is 16.3 Å². The number of hydrogen-bond acceptors (Lipinski definition) is 6. The van der Waals surface area contributed by atoms with Crippen molar-refractivity contribution in [3.63, 3.8) is 0 Å². The summed E-state index contributed by atoms with van der Waals surface area (Å²) in [5.41, 5.74) is 0.535. The van der Waals surface area contributed by atoms with E-state index < -0.39 is 5.91 Å². The molecule has 0 bridgehead atoms. The number of amides is 1. The van der Waals surface area contributed by atoms with E-state index in [0.717, 1.165) is 10.4 Å². The van der Waals surface area contributed by atoms with Gasteiger partial charge in [0.2, 0.25) is 5.43 Å². The fraction of sp³-hybridized carbons (Fsp3) is 0.294. The molecule has 0 aliphatic carbocycles. The van der Waals surface area contributed by atoms with Crippen LogP contribution in [0, 0.1) is 13.8 Å². The summed E-state index contributed by atoms with van der Waals surface area (Å²) >= 11 is 1.48. The van der Waals surface area contributed by atoms with Gasteiger partial charge in [-0.2, -0.15) is 0 Å². The Morgan fingerprint density at radius 2 is 2.12 bits per heavy atom. The molecule has 26 heavy (non-hydrogen) atoms. The number of pyridine rings is 1. The number of methoxy groups -OCH3 is 1. The lowest BCUT2D eigenvalue weighted by Gasteiger charge is -2.06. The Labute approximate surface area is 152 Å². The Kier molecular flexibility index (Phi) is 4.90. The van der Waals surface area contributed by atoms with Gasteiger partial charge in [-0.05, 0) is 19.4 Å². The van der Waals surface area contributed by atoms with Gasteiger partial charge in [-0.25, -0.2) is 4.98 Å². The van der Waals surface area contributed by atoms with E-state index in [4.69, 9.17) is 4.74 Å². The highest BCUT2D eigenvalue weighted by atomic mass is 32.1. The standard InChI is InChI=1S/C17H18N4O4S/c1-8-9(2)26-17-14(8)16(24)20-13(21-17)4-5-18-15(23)10-6-11(22)12(25-3)7-19-10/h6-7H,4-5H2,1-3H3,(H,18,23)(H,19,22)(H,20,21,24). The number of aromatic nitrogens is 3. The van der Waals surface area contributed by atoms with Crippen LogP contribution in [-0.4, -0.2) is 34.5 Å². The molecule has 0 saturated carbocycles. The summed E-state index contributed by atoms with van der Waals surface area (Å²) in [4.78, 5) is 47.7. The molecule has 0 fully saturated rings. The van der Waals surface area contributed by atoms with Crippen LogP contribution in [0.5, 0.6) is 5.75 Å². The molecule has 0 aliphatic rings. The SMILES string of the molecule is COc1c[nH]c(C(=O)NCCc2nc3sc(C)c(C)c3c(=O)[nH]2)cc1=O. The van der Waals surface area contributed by atoms with Crippen LogP contribution in [0.25, 0.3) is 10.2 Å². The van der Waals surface area contributed by atoms with Crippen molar-refractivity contribution in [2.75, 3.05) is 13.7 Å². The van der Waals surface area contributed by atoms with Crippen LogP contribution in [0.1, 0.15) is 26.8 Å². The van der Waals surface area contributed by atoms with E-state index >= 15 is 0 Å². The van der Waals surface area contributed by atoms with Crippen molar-refractivity contribution in [2.45, 2.75) is 20.3 Å². The van der Waals surface area contributed by atoms with Crippen molar-refractivity contribution in [2.24, 2.45) is 0 Å². The van der Waals surface area contributed by atoms with Crippen LogP contribution in [-0.2, 0) is 6.42 Å². The first-order valence-electron chi connectivity index (χ1n) is 7.94. The number of rotatable bonds is 5. The van der Waals surface area contributed by atoms with Gasteiger partial charge < -0.3 is 20.0 Å². The third-order valence-electron chi connectivity index (χ3n) is 4.08. The fourth-order valence-corrected chi connectivity index (χ4v) is 3.61. The lowest BCUT2D eigenvalue weighted by atomic mass is 10.2. The maximum atomic E-state index is 12.2. The second-order valence-electron chi connectivity index (χ2n) is 5.76. The Hall–Kier alpha value is -2.94. The number of fused-ring (bicyclic) bond motifs is 1. The Balaban J connectivity index is 1.69. The highest BCUT2D eigenvalue weighted by Gasteiger charge is 2.13. The van der Waals surface area contributed by atoms with E-state index in [-0.39, 0.29) is 29.0 Å². The molecule has 3 heterocycles. The third-order valence-corrected chi connectivity index (χ3v) is 5.18. The van der Waals surface area contributed by atoms with E-state index in [1.165, 1.54) is 30.7 Å². The summed E-state index contributed by atoms with van der Waals surface area (Å²) in [7, 11) is 1.38. The summed E-state index contributed by atoms with van der Waals surface area (Å²) < 4.78 is 4.86. The number of ether oxygens (including phenoxy) is 1. The minimum Gasteiger partial charge on any atom is -0.491 e. The number of nitrogens with zero attached hydrogens (tertiary/aromatic N) is 1. The normalized spacial score (nSPS) is 10.9. The van der Waals surface area contributed by atoms with Crippen LogP contribution in [0.4, 0.5) is 0 Å². The van der Waals surface area contributed by atoms with Crippen molar-refractivity contribution in [1.29, 1.82) is 0 Å². The van der Waals surface area contributed by atoms with Crippen LogP contribution >= 0.6 is 11.3 Å². The first-order valence-corrected chi connectivity index (χ1v) is 8.76. The van der Waals surface area contributed by atoms with Gasteiger partial charge in [0.25, 0.3) is 11.5 Å². The number of nitrogens with one attached hydrogen (secondary N) is 3. The zero-order valence-electron chi connectivity index (χ0n) is 14.6. The van der Waals surface area contributed by atoms with E-state index in [1.807, 2.05) is 13.8 Å². The molecule has 0 spiro atoms. The van der Waals surface area contributed by atoms with E-state index in [2.05, 4.69) is 20.3 Å². The van der Waals surface area contributed by atoms with Gasteiger partial charge in [0.05, 0.1) is 12.5 Å². The molecule has 3 aromatic rings. The van der Waals surface area contributed by atoms with Crippen LogP contribution in [0.2, 0.25) is 0 Å². The zero-order chi connectivity index (χ0) is 18.8. The fourth-order valence-electron chi connectivity index (χ4n) is 2.56. The van der Waals surface area contributed by atoms with E-state index in [1.54, 1.807) is 0 Å². The smallest absolute Gasteiger partial charge is 0.267 e. The molecule has 0 radical (unpaired) electrons. The number of aromatic amines is 2. The van der Waals surface area contributed by atoms with Gasteiger partial charge in [0.15, 0.2) is 5.75 Å². The van der Waals surface area contributed by atoms with Gasteiger partial charge in [-0.15, -0.1) is 11.3 Å². The molecular weight excluding hydrogens is 356 g/mol. The van der Waals surface area contributed by atoms with Crippen molar-refractivity contribution in [1.82, 2.24) is 20.3 Å². The number of H-pyrrole nitrogens is 2. The van der Waals surface area contributed by atoms with E-state index in [0.29, 0.717) is 22.5 Å². The number of thiophene rings is 1. The molecule has 0 atom stereocenters. The lowest BCUT2D eigenvalue weighted by molar-refractivity contribution is 0.0949. The Bertz CT molecular complexity index is 1100. The molecule has 136 valence electrons. The molecule has 1 amide bonds. The average Bonchev–Trinajstić information content (AvgIpc) is 2.89. The lowest BCUT2D eigenvalue weighted by Crippen LogP contribution is -2.28. The molecule has 0 saturated heterocycles. The minimum atomic E-state index is -0.420. The molecule has 9 heteroatoms. The monoisotopic (exact) mass is 374 g/mol. The van der Waals surface area contributed by atoms with Gasteiger partial charge in [-0.1, -0.05) is 0 Å². The summed E-state index contributed by atoms with van der Waals surface area (Å²) in [6.45, 7) is 4.13. The molecule has 3 aromatic heterocycles. The predicted octanol–water partition coefficient (Wildman–Crippen LogP) is 1.27. The Morgan fingerprint density at radius 1 is 1.35 bits per heavy atom. The van der Waals surface area contributed by atoms with E-state index in [9.17, 15) is 14.4 Å². The summed E-state index contributed by atoms with van der Waals surface area (Å²) in [5, 5.41) is 3.31. The van der Waals surface area contributed by atoms with Crippen molar-refractivity contribution < 1.29 is 9.53 Å². The van der Waals surface area contributed by atoms with Gasteiger partial charge in [-0.3, -0.25) is 14.4 Å². The Morgan fingerprint density at radius 3 is 2.81 bits per heavy atom. The maximum Gasteiger partial charge on any atom is 0.267 e. The van der Waals surface area contributed by atoms with Crippen molar-refractivity contribution in [3.8, 4) is 5.75 Å². The first kappa shape index (κ1) is 17.9. The zero-order valence-corrected chi connectivity index (χ0v) is 15.4. The first-order chi connectivity index (χ1) is 12.4. The molecule has 3 N–H and O–H groups in total. The quantitative estimate of drug-likeness (QED) is 0.622. The summed E-state index contributed by atoms with van der Waals surface area (Å²) in [6.07, 6.45) is 1.71. The number of carbonyl (C=O) groups excluding carboxylic acids is 1. The minimum absolute atomic E-state index is 0.136. The molecule has 0 aliphatic heterocycles. The molecule has 3 rings (SSSR count). The molecule has 0 aromatic carbocycles. The largest absolute Gasteiger partial charge is 0.491 e. The molecular formula is C17H18N4O4S. The predicted molar refractivity (Wildman–Crippen MR) is 99.4 cm³/mol. The number of carbonyl (C=O) groups is 1. The maximum absolute atomic E-state index is 12.2. The van der Waals surface area contributed by atoms with Gasteiger partial charge >= 0.3 is 0 Å². The summed E-state index contributed by atoms with van der Waals surface area (Å²) in [5.74, 6) is 0.224. The van der Waals surface area contributed by atoms with Crippen LogP contribution in [0.3, 0.4) is 0 Å². The summed E-state index contributed by atoms with van der Waals surface area (Å²) in [6, 6.07) is 1.18. The van der Waals surface area contributed by atoms with Crippen LogP contribution in [0.15, 0.2) is 21.9 Å². The highest BCUT2D eigenvalue weighted by molar-refractivity contribution is 7.18. The number of hydrogen-bond donors (Lipinski definition) is 3. The second kappa shape index (κ2) is 7.12. The molecule has 0 unspecified atom stereocenters. The van der Waals surface area contributed by atoms with Crippen molar-refractivity contribution >= 4 is 27.5 Å². The second-order valence-corrected chi connectivity index (χ2v) is 6.96. The highest BCUT2D eigenvalue weighted by Crippen LogP contribution is 2.25. The van der Waals surface area contributed by atoms with Gasteiger partial charge in [0, 0.05) is 30.1 Å². The topological polar surface area (TPSA) is 117 Å². The number of aryl methyl sites for hydroxylation is 2. The average molecular weight is 374 g/mol. The van der Waals surface area contributed by atoms with Crippen LogP contribution < -0.4 is 21.0 Å². The molecule has 8 nitrogen and oxygen atoms in total. The van der Waals surface area contributed by atoms with Crippen molar-refractivity contribution in [3.05, 3.63) is 54.8 Å². The third kappa shape index (κ3) is 3.38.